The standard InChI is InChI=1S/C15H13.C13H10.C9H13.2ClH.Zr/c1-10-3-5-14-12(7-10)9-13-8-11(2)4-6-15(13)14;1-3-7-12(8-4-1)11-13-9-5-2-6-10-13;1-3-8-5-6-9(4-2)7-8;;;/h3-9H,1-2H3;1-10H;7H,3-5H2,1-2H3;2*1H;/q;;;;;+2/p-2. The fourth-order valence-corrected chi connectivity index (χ4v) is 16.4. The molecule has 0 aromatic heterocycles. The molecule has 6 rings (SSSR count). The molecule has 3 heteroatoms. The van der Waals surface area contributed by atoms with E-state index in [9.17, 15) is 0 Å². The first-order valence-corrected chi connectivity index (χ1v) is 17.9. The third kappa shape index (κ3) is 5.59. The average Bonchev–Trinajstić information content (AvgIpc) is 3.50. The van der Waals surface area contributed by atoms with Gasteiger partial charge >= 0.3 is 237 Å². The molecule has 4 aromatic carbocycles. The Bertz CT molecular complexity index is 1520. The van der Waals surface area contributed by atoms with E-state index in [1.165, 1.54) is 33.4 Å². The molecule has 0 aliphatic heterocycles. The number of halogens is 2. The van der Waals surface area contributed by atoms with Crippen LogP contribution in [0.5, 0.6) is 0 Å². The van der Waals surface area contributed by atoms with E-state index in [2.05, 4.69) is 131 Å². The molecule has 40 heavy (non-hydrogen) atoms. The molecule has 202 valence electrons. The smallest absolute Gasteiger partial charge is 1.00 e. The van der Waals surface area contributed by atoms with Crippen LogP contribution in [0.1, 0.15) is 70.1 Å². The first-order valence-electron chi connectivity index (χ1n) is 14.1. The fraction of sp³-hybridized carbons (Fsp3) is 0.216. The van der Waals surface area contributed by atoms with Gasteiger partial charge in [0.05, 0.1) is 0 Å². The molecule has 0 saturated carbocycles. The van der Waals surface area contributed by atoms with E-state index in [0.29, 0.717) is 3.63 Å². The summed E-state index contributed by atoms with van der Waals surface area (Å²) in [7, 11) is 0. The Labute approximate surface area is 260 Å². The van der Waals surface area contributed by atoms with Crippen molar-refractivity contribution in [3.05, 3.63) is 151 Å². The normalized spacial score (nSPS) is 13.4. The van der Waals surface area contributed by atoms with Gasteiger partial charge in [-0.25, -0.2) is 0 Å². The van der Waals surface area contributed by atoms with Crippen molar-refractivity contribution in [2.24, 2.45) is 0 Å². The summed E-state index contributed by atoms with van der Waals surface area (Å²) in [5.41, 5.74) is 14.8. The number of aryl methyl sites for hydroxylation is 2. The Kier molecular flexibility index (Phi) is 10.1. The van der Waals surface area contributed by atoms with Crippen molar-refractivity contribution in [1.82, 2.24) is 0 Å². The molecule has 0 spiro atoms. The first kappa shape index (κ1) is 30.6. The van der Waals surface area contributed by atoms with E-state index in [4.69, 9.17) is 0 Å². The predicted molar refractivity (Wildman–Crippen MR) is 160 cm³/mol. The topological polar surface area (TPSA) is 0 Å². The largest absolute Gasteiger partial charge is 1.00 e. The number of hydrogen-bond donors (Lipinski definition) is 0. The molecule has 0 saturated heterocycles. The number of rotatable bonds is 6. The van der Waals surface area contributed by atoms with Crippen molar-refractivity contribution in [2.45, 2.75) is 50.6 Å². The summed E-state index contributed by atoms with van der Waals surface area (Å²) >= 11 is -2.66. The summed E-state index contributed by atoms with van der Waals surface area (Å²) in [6.45, 7) is 9.21. The van der Waals surface area contributed by atoms with E-state index in [1.54, 1.807) is 28.8 Å². The van der Waals surface area contributed by atoms with Crippen LogP contribution < -0.4 is 24.8 Å². The van der Waals surface area contributed by atoms with Gasteiger partial charge in [0.2, 0.25) is 0 Å². The van der Waals surface area contributed by atoms with Crippen molar-refractivity contribution >= 4 is 3.21 Å². The van der Waals surface area contributed by atoms with Crippen molar-refractivity contribution in [3.8, 4) is 11.1 Å². The van der Waals surface area contributed by atoms with Crippen molar-refractivity contribution in [2.75, 3.05) is 0 Å². The molecule has 0 fully saturated rings. The third-order valence-electron chi connectivity index (χ3n) is 8.34. The maximum absolute atomic E-state index is 2.66. The summed E-state index contributed by atoms with van der Waals surface area (Å²) in [6.07, 6.45) is 5.99. The zero-order chi connectivity index (χ0) is 26.2. The molecular weight excluding hydrogens is 607 g/mol. The van der Waals surface area contributed by atoms with Crippen molar-refractivity contribution < 1.29 is 46.1 Å². The summed E-state index contributed by atoms with van der Waals surface area (Å²) in [5.74, 6) is 0. The van der Waals surface area contributed by atoms with Gasteiger partial charge in [0.15, 0.2) is 0 Å². The third-order valence-corrected chi connectivity index (χ3v) is 16.9. The van der Waals surface area contributed by atoms with E-state index < -0.39 is 21.3 Å². The molecule has 0 bridgehead atoms. The molecular formula is C37H36Cl2Zr. The molecule has 0 unspecified atom stereocenters. The predicted octanol–water partition coefficient (Wildman–Crippen LogP) is 3.67. The van der Waals surface area contributed by atoms with Crippen LogP contribution in [-0.4, -0.2) is 3.21 Å². The van der Waals surface area contributed by atoms with Gasteiger partial charge in [0, 0.05) is 0 Å². The second-order valence-corrected chi connectivity index (χ2v) is 17.0. The monoisotopic (exact) mass is 640 g/mol. The quantitative estimate of drug-likeness (QED) is 0.301. The molecule has 2 aliphatic rings. The van der Waals surface area contributed by atoms with Crippen LogP contribution in [-0.2, 0) is 21.3 Å². The minimum Gasteiger partial charge on any atom is -1.00 e. The summed E-state index contributed by atoms with van der Waals surface area (Å²) in [5, 5.41) is 0. The van der Waals surface area contributed by atoms with Gasteiger partial charge in [-0.1, -0.05) is 0 Å². The molecule has 2 aliphatic carbocycles. The second kappa shape index (κ2) is 13.1. The fourth-order valence-electron chi connectivity index (χ4n) is 6.50. The van der Waals surface area contributed by atoms with Crippen LogP contribution in [0.4, 0.5) is 0 Å². The van der Waals surface area contributed by atoms with Crippen LogP contribution in [0.25, 0.3) is 11.1 Å². The van der Waals surface area contributed by atoms with Gasteiger partial charge in [-0.15, -0.1) is 0 Å². The van der Waals surface area contributed by atoms with Gasteiger partial charge in [-0.3, -0.25) is 0 Å². The summed E-state index contributed by atoms with van der Waals surface area (Å²) in [6, 6.07) is 37.1. The Hall–Kier alpha value is -2.31. The van der Waals surface area contributed by atoms with E-state index in [-0.39, 0.29) is 24.8 Å². The minimum atomic E-state index is -2.66. The summed E-state index contributed by atoms with van der Waals surface area (Å²) in [4.78, 5) is 0. The minimum absolute atomic E-state index is 0. The van der Waals surface area contributed by atoms with Crippen LogP contribution in [0, 0.1) is 13.8 Å². The zero-order valence-electron chi connectivity index (χ0n) is 23.8. The maximum Gasteiger partial charge on any atom is -1.00 e. The van der Waals surface area contributed by atoms with Crippen LogP contribution in [0.15, 0.2) is 118 Å². The SMILES string of the molecule is CCC1=CC(CC)=[C]([Zr+2](=[C](c2ccccc2)c2ccccc2)[CH]2c3cc(C)ccc3-c3ccc(C)cc32)C1.[Cl-].[Cl-]. The Morgan fingerprint density at radius 3 is 1.62 bits per heavy atom. The van der Waals surface area contributed by atoms with Crippen LogP contribution >= 0.6 is 0 Å². The van der Waals surface area contributed by atoms with Gasteiger partial charge in [0.25, 0.3) is 0 Å². The van der Waals surface area contributed by atoms with Gasteiger partial charge in [0.1, 0.15) is 0 Å². The number of allylic oxidation sites excluding steroid dienone is 4. The molecule has 0 heterocycles. The summed E-state index contributed by atoms with van der Waals surface area (Å²) < 4.78 is 3.92. The molecule has 0 amide bonds. The van der Waals surface area contributed by atoms with E-state index in [1.807, 2.05) is 0 Å². The molecule has 0 atom stereocenters. The number of hydrogen-bond acceptors (Lipinski definition) is 0. The van der Waals surface area contributed by atoms with Gasteiger partial charge < -0.3 is 24.8 Å². The Morgan fingerprint density at radius 2 is 1.18 bits per heavy atom. The molecule has 4 aromatic rings. The van der Waals surface area contributed by atoms with Crippen molar-refractivity contribution in [1.29, 1.82) is 0 Å². The molecule has 0 N–H and O–H groups in total. The zero-order valence-corrected chi connectivity index (χ0v) is 27.7. The van der Waals surface area contributed by atoms with Crippen LogP contribution in [0.3, 0.4) is 0 Å². The van der Waals surface area contributed by atoms with Crippen LogP contribution in [0.2, 0.25) is 0 Å². The van der Waals surface area contributed by atoms with E-state index >= 15 is 0 Å². The molecule has 0 nitrogen and oxygen atoms in total. The van der Waals surface area contributed by atoms with E-state index in [0.717, 1.165) is 19.3 Å². The van der Waals surface area contributed by atoms with Gasteiger partial charge in [-0.05, 0) is 0 Å². The number of benzene rings is 4. The second-order valence-electron chi connectivity index (χ2n) is 10.8. The number of fused-ring (bicyclic) bond motifs is 3. The Morgan fingerprint density at radius 1 is 0.675 bits per heavy atom. The average molecular weight is 643 g/mol. The first-order chi connectivity index (χ1) is 18.6. The maximum atomic E-state index is 2.56. The van der Waals surface area contributed by atoms with Crippen molar-refractivity contribution in [3.63, 3.8) is 0 Å². The molecule has 0 radical (unpaired) electrons. The Balaban J connectivity index is 0.00000185. The van der Waals surface area contributed by atoms with Gasteiger partial charge in [-0.2, -0.15) is 0 Å².